The van der Waals surface area contributed by atoms with Crippen molar-refractivity contribution in [3.8, 4) is 0 Å². The normalized spacial score (nSPS) is 26.4. The molecular weight excluding hydrogens is 172 g/mol. The Morgan fingerprint density at radius 1 is 1.07 bits per heavy atom. The van der Waals surface area contributed by atoms with Crippen molar-refractivity contribution in [2.24, 2.45) is 5.41 Å². The molecule has 0 amide bonds. The van der Waals surface area contributed by atoms with Crippen LogP contribution < -0.4 is 10.6 Å². The molecule has 0 spiro atoms. The van der Waals surface area contributed by atoms with E-state index in [0.29, 0.717) is 5.41 Å². The quantitative estimate of drug-likeness (QED) is 0.702. The molecule has 0 saturated heterocycles. The molecule has 0 aromatic heterocycles. The summed E-state index contributed by atoms with van der Waals surface area (Å²) < 4.78 is 0. The first-order chi connectivity index (χ1) is 6.85. The predicted octanol–water partition coefficient (Wildman–Crippen LogP) is 1.91. The van der Waals surface area contributed by atoms with Crippen LogP contribution in [-0.2, 0) is 0 Å². The van der Waals surface area contributed by atoms with Crippen LogP contribution in [0.25, 0.3) is 0 Å². The lowest BCUT2D eigenvalue weighted by molar-refractivity contribution is 0.334. The summed E-state index contributed by atoms with van der Waals surface area (Å²) in [4.78, 5) is 0. The minimum absolute atomic E-state index is 0.631. The highest BCUT2D eigenvalue weighted by Crippen LogP contribution is 2.44. The van der Waals surface area contributed by atoms with Crippen molar-refractivity contribution >= 4 is 0 Å². The Morgan fingerprint density at radius 3 is 2.36 bits per heavy atom. The highest BCUT2D eigenvalue weighted by Gasteiger charge is 2.41. The number of hydrogen-bond donors (Lipinski definition) is 2. The van der Waals surface area contributed by atoms with Gasteiger partial charge in [0.05, 0.1) is 0 Å². The van der Waals surface area contributed by atoms with E-state index in [-0.39, 0.29) is 0 Å². The van der Waals surface area contributed by atoms with E-state index < -0.39 is 0 Å². The Hall–Kier alpha value is -0.0800. The topological polar surface area (TPSA) is 24.1 Å². The van der Waals surface area contributed by atoms with E-state index in [1.54, 1.807) is 0 Å². The second-order valence-corrected chi connectivity index (χ2v) is 5.25. The first kappa shape index (κ1) is 10.4. The Kier molecular flexibility index (Phi) is 3.45. The number of rotatable bonds is 5. The number of nitrogens with one attached hydrogen (secondary N) is 2. The molecule has 2 N–H and O–H groups in total. The van der Waals surface area contributed by atoms with Gasteiger partial charge in [-0.15, -0.1) is 0 Å². The number of hydrogen-bond acceptors (Lipinski definition) is 2. The van der Waals surface area contributed by atoms with Crippen LogP contribution in [0.1, 0.15) is 44.9 Å². The van der Waals surface area contributed by atoms with Crippen molar-refractivity contribution in [1.82, 2.24) is 10.6 Å². The Morgan fingerprint density at radius 2 is 1.79 bits per heavy atom. The van der Waals surface area contributed by atoms with Crippen LogP contribution in [0.3, 0.4) is 0 Å². The third kappa shape index (κ3) is 2.71. The zero-order chi connectivity index (χ0) is 9.86. The van der Waals surface area contributed by atoms with E-state index in [1.807, 2.05) is 0 Å². The SMILES string of the molecule is CNCC1(CNC2CCCCC2)CC1. The molecule has 0 heterocycles. The van der Waals surface area contributed by atoms with E-state index in [4.69, 9.17) is 0 Å². The van der Waals surface area contributed by atoms with Crippen molar-refractivity contribution in [3.05, 3.63) is 0 Å². The molecule has 82 valence electrons. The molecule has 2 aliphatic rings. The summed E-state index contributed by atoms with van der Waals surface area (Å²) in [5.74, 6) is 0. The fourth-order valence-electron chi connectivity index (χ4n) is 2.64. The lowest BCUT2D eigenvalue weighted by Gasteiger charge is -2.25. The maximum atomic E-state index is 3.77. The van der Waals surface area contributed by atoms with Crippen LogP contribution in [0, 0.1) is 5.41 Å². The van der Waals surface area contributed by atoms with Crippen molar-refractivity contribution in [2.75, 3.05) is 20.1 Å². The Labute approximate surface area is 87.8 Å². The maximum absolute atomic E-state index is 3.77. The first-order valence-electron chi connectivity index (χ1n) is 6.23. The molecule has 2 heteroatoms. The summed E-state index contributed by atoms with van der Waals surface area (Å²) in [7, 11) is 2.07. The predicted molar refractivity (Wildman–Crippen MR) is 60.5 cm³/mol. The van der Waals surface area contributed by atoms with Gasteiger partial charge in [-0.25, -0.2) is 0 Å². The summed E-state index contributed by atoms with van der Waals surface area (Å²) in [5, 5.41) is 7.09. The summed E-state index contributed by atoms with van der Waals surface area (Å²) >= 11 is 0. The van der Waals surface area contributed by atoms with Crippen LogP contribution in [-0.4, -0.2) is 26.2 Å². The zero-order valence-corrected chi connectivity index (χ0v) is 9.44. The van der Waals surface area contributed by atoms with Gasteiger partial charge in [0, 0.05) is 19.1 Å². The first-order valence-corrected chi connectivity index (χ1v) is 6.23. The molecule has 0 bridgehead atoms. The van der Waals surface area contributed by atoms with Gasteiger partial charge in [0.25, 0.3) is 0 Å². The van der Waals surface area contributed by atoms with Crippen LogP contribution in [0.4, 0.5) is 0 Å². The lowest BCUT2D eigenvalue weighted by Crippen LogP contribution is -2.38. The monoisotopic (exact) mass is 196 g/mol. The summed E-state index contributed by atoms with van der Waals surface area (Å²) in [6.07, 6.45) is 10.0. The molecule has 2 saturated carbocycles. The van der Waals surface area contributed by atoms with Gasteiger partial charge < -0.3 is 10.6 Å². The zero-order valence-electron chi connectivity index (χ0n) is 9.44. The van der Waals surface area contributed by atoms with Gasteiger partial charge in [0.2, 0.25) is 0 Å². The molecule has 0 atom stereocenters. The van der Waals surface area contributed by atoms with Crippen molar-refractivity contribution < 1.29 is 0 Å². The van der Waals surface area contributed by atoms with Gasteiger partial charge in [-0.05, 0) is 38.1 Å². The minimum Gasteiger partial charge on any atom is -0.319 e. The molecular formula is C12H24N2. The van der Waals surface area contributed by atoms with E-state index in [2.05, 4.69) is 17.7 Å². The Balaban J connectivity index is 1.65. The molecule has 2 rings (SSSR count). The van der Waals surface area contributed by atoms with Gasteiger partial charge in [-0.2, -0.15) is 0 Å². The van der Waals surface area contributed by atoms with Gasteiger partial charge in [0.1, 0.15) is 0 Å². The minimum atomic E-state index is 0.631. The van der Waals surface area contributed by atoms with Gasteiger partial charge in [0.15, 0.2) is 0 Å². The Bertz CT molecular complexity index is 169. The fourth-order valence-corrected chi connectivity index (χ4v) is 2.64. The summed E-state index contributed by atoms with van der Waals surface area (Å²) in [5.41, 5.74) is 0.631. The van der Waals surface area contributed by atoms with Crippen molar-refractivity contribution in [2.45, 2.75) is 51.0 Å². The molecule has 0 aromatic carbocycles. The smallest absolute Gasteiger partial charge is 0.00673 e. The molecule has 14 heavy (non-hydrogen) atoms. The standard InChI is InChI=1S/C12H24N2/c1-13-9-12(7-8-12)10-14-11-5-3-2-4-6-11/h11,13-14H,2-10H2,1H3. The largest absolute Gasteiger partial charge is 0.319 e. The molecule has 2 nitrogen and oxygen atoms in total. The highest BCUT2D eigenvalue weighted by molar-refractivity contribution is 4.97. The summed E-state index contributed by atoms with van der Waals surface area (Å²) in [6.45, 7) is 2.45. The van der Waals surface area contributed by atoms with E-state index >= 15 is 0 Å². The van der Waals surface area contributed by atoms with Crippen LogP contribution in [0.15, 0.2) is 0 Å². The second-order valence-electron chi connectivity index (χ2n) is 5.25. The summed E-state index contributed by atoms with van der Waals surface area (Å²) in [6, 6.07) is 0.832. The lowest BCUT2D eigenvalue weighted by atomic mass is 9.95. The molecule has 0 aliphatic heterocycles. The van der Waals surface area contributed by atoms with Crippen molar-refractivity contribution in [3.63, 3.8) is 0 Å². The molecule has 0 radical (unpaired) electrons. The average molecular weight is 196 g/mol. The van der Waals surface area contributed by atoms with E-state index in [0.717, 1.165) is 6.04 Å². The maximum Gasteiger partial charge on any atom is 0.00673 e. The van der Waals surface area contributed by atoms with E-state index in [1.165, 1.54) is 58.0 Å². The third-order valence-corrected chi connectivity index (χ3v) is 3.88. The molecule has 2 fully saturated rings. The average Bonchev–Trinajstić information content (AvgIpc) is 2.98. The van der Waals surface area contributed by atoms with Crippen LogP contribution in [0.5, 0.6) is 0 Å². The fraction of sp³-hybridized carbons (Fsp3) is 1.00. The second kappa shape index (κ2) is 4.63. The molecule has 2 aliphatic carbocycles. The van der Waals surface area contributed by atoms with Crippen LogP contribution in [0.2, 0.25) is 0 Å². The van der Waals surface area contributed by atoms with Gasteiger partial charge in [-0.3, -0.25) is 0 Å². The molecule has 0 aromatic rings. The van der Waals surface area contributed by atoms with E-state index in [9.17, 15) is 0 Å². The highest BCUT2D eigenvalue weighted by atomic mass is 15.0. The molecule has 0 unspecified atom stereocenters. The van der Waals surface area contributed by atoms with Crippen LogP contribution >= 0.6 is 0 Å². The van der Waals surface area contributed by atoms with Gasteiger partial charge in [-0.1, -0.05) is 19.3 Å². The van der Waals surface area contributed by atoms with Gasteiger partial charge >= 0.3 is 0 Å². The third-order valence-electron chi connectivity index (χ3n) is 3.88. The van der Waals surface area contributed by atoms with Crippen molar-refractivity contribution in [1.29, 1.82) is 0 Å².